The highest BCUT2D eigenvalue weighted by molar-refractivity contribution is 5.82. The van der Waals surface area contributed by atoms with E-state index in [0.717, 1.165) is 16.5 Å². The number of aromatic nitrogens is 1. The molecule has 0 aliphatic carbocycles. The van der Waals surface area contributed by atoms with E-state index in [0.29, 0.717) is 6.42 Å². The normalized spacial score (nSPS) is 12.6. The summed E-state index contributed by atoms with van der Waals surface area (Å²) in [6, 6.07) is 9.48. The number of benzene rings is 1. The van der Waals surface area contributed by atoms with Crippen LogP contribution >= 0.6 is 0 Å². The van der Waals surface area contributed by atoms with Crippen LogP contribution < -0.4 is 0 Å². The highest BCUT2D eigenvalue weighted by atomic mass is 16.4. The van der Waals surface area contributed by atoms with Crippen LogP contribution in [0.4, 0.5) is 0 Å². The number of carboxylic acid groups (broad SMARTS) is 1. The minimum atomic E-state index is -0.780. The molecule has 3 heteroatoms. The molecule has 0 saturated carbocycles. The average Bonchev–Trinajstić information content (AvgIpc) is 2.29. The minimum Gasteiger partial charge on any atom is -0.481 e. The smallest absolute Gasteiger partial charge is 0.310 e. The number of rotatable bonds is 3. The van der Waals surface area contributed by atoms with Crippen molar-refractivity contribution in [1.82, 2.24) is 4.98 Å². The van der Waals surface area contributed by atoms with Gasteiger partial charge in [-0.25, -0.2) is 0 Å². The number of fused-ring (bicyclic) bond motifs is 1. The molecule has 2 rings (SSSR count). The topological polar surface area (TPSA) is 50.2 Å². The molecule has 1 heterocycles. The van der Waals surface area contributed by atoms with Crippen LogP contribution in [0.3, 0.4) is 0 Å². The largest absolute Gasteiger partial charge is 0.481 e. The van der Waals surface area contributed by atoms with Crippen molar-refractivity contribution >= 4 is 16.9 Å². The predicted octanol–water partition coefficient (Wildman–Crippen LogP) is 2.81. The molecule has 0 saturated heterocycles. The van der Waals surface area contributed by atoms with Gasteiger partial charge in [-0.3, -0.25) is 9.78 Å². The van der Waals surface area contributed by atoms with Gasteiger partial charge in [-0.2, -0.15) is 0 Å². The monoisotopic (exact) mass is 215 g/mol. The van der Waals surface area contributed by atoms with E-state index in [1.54, 1.807) is 6.20 Å². The van der Waals surface area contributed by atoms with E-state index in [2.05, 4.69) is 4.98 Å². The Kier molecular flexibility index (Phi) is 2.86. The molecular formula is C13H13NO2. The fraction of sp³-hybridized carbons (Fsp3) is 0.231. The molecule has 0 amide bonds. The zero-order chi connectivity index (χ0) is 11.5. The fourth-order valence-electron chi connectivity index (χ4n) is 1.85. The lowest BCUT2D eigenvalue weighted by Gasteiger charge is -2.10. The number of hydrogen-bond donors (Lipinski definition) is 1. The van der Waals surface area contributed by atoms with E-state index in [1.165, 1.54) is 0 Å². The minimum absolute atomic E-state index is 0.439. The molecule has 1 aromatic heterocycles. The van der Waals surface area contributed by atoms with Gasteiger partial charge in [-0.05, 0) is 24.1 Å². The zero-order valence-electron chi connectivity index (χ0n) is 9.05. The lowest BCUT2D eigenvalue weighted by Crippen LogP contribution is -2.10. The van der Waals surface area contributed by atoms with Crippen LogP contribution in [0, 0.1) is 0 Å². The molecule has 1 atom stereocenters. The highest BCUT2D eigenvalue weighted by Gasteiger charge is 2.17. The first-order valence-electron chi connectivity index (χ1n) is 5.30. The molecule has 2 aromatic rings. The quantitative estimate of drug-likeness (QED) is 0.856. The SMILES string of the molecule is CCC(C(=O)O)c1ccc2cccnc2c1. The summed E-state index contributed by atoms with van der Waals surface area (Å²) in [6.07, 6.45) is 2.31. The lowest BCUT2D eigenvalue weighted by atomic mass is 9.95. The molecular weight excluding hydrogens is 202 g/mol. The molecule has 1 unspecified atom stereocenters. The lowest BCUT2D eigenvalue weighted by molar-refractivity contribution is -0.138. The van der Waals surface area contributed by atoms with Crippen LogP contribution in [0.5, 0.6) is 0 Å². The van der Waals surface area contributed by atoms with Crippen LogP contribution in [0.25, 0.3) is 10.9 Å². The third-order valence-corrected chi connectivity index (χ3v) is 2.74. The Labute approximate surface area is 93.7 Å². The average molecular weight is 215 g/mol. The predicted molar refractivity (Wildman–Crippen MR) is 62.4 cm³/mol. The summed E-state index contributed by atoms with van der Waals surface area (Å²) in [6.45, 7) is 1.88. The summed E-state index contributed by atoms with van der Waals surface area (Å²) in [5.41, 5.74) is 1.67. The Morgan fingerprint density at radius 3 is 2.94 bits per heavy atom. The van der Waals surface area contributed by atoms with E-state index in [-0.39, 0.29) is 0 Å². The first-order valence-corrected chi connectivity index (χ1v) is 5.30. The van der Waals surface area contributed by atoms with Crippen LogP contribution in [-0.4, -0.2) is 16.1 Å². The Morgan fingerprint density at radius 1 is 1.44 bits per heavy atom. The van der Waals surface area contributed by atoms with Crippen LogP contribution in [0.2, 0.25) is 0 Å². The van der Waals surface area contributed by atoms with E-state index >= 15 is 0 Å². The van der Waals surface area contributed by atoms with Crippen LogP contribution in [0.1, 0.15) is 24.8 Å². The molecule has 0 radical (unpaired) electrons. The standard InChI is InChI=1S/C13H13NO2/c1-2-11(13(15)16)10-6-5-9-4-3-7-14-12(9)8-10/h3-8,11H,2H2,1H3,(H,15,16). The van der Waals surface area contributed by atoms with Crippen molar-refractivity contribution in [2.24, 2.45) is 0 Å². The fourth-order valence-corrected chi connectivity index (χ4v) is 1.85. The van der Waals surface area contributed by atoms with E-state index in [9.17, 15) is 4.79 Å². The molecule has 0 aliphatic rings. The highest BCUT2D eigenvalue weighted by Crippen LogP contribution is 2.23. The first kappa shape index (κ1) is 10.6. The Bertz CT molecular complexity index is 522. The maximum absolute atomic E-state index is 11.0. The summed E-state index contributed by atoms with van der Waals surface area (Å²) in [5, 5.41) is 10.1. The van der Waals surface area contributed by atoms with Gasteiger partial charge in [0, 0.05) is 11.6 Å². The Balaban J connectivity index is 2.49. The molecule has 0 aliphatic heterocycles. The molecule has 1 N–H and O–H groups in total. The number of aliphatic carboxylic acids is 1. The summed E-state index contributed by atoms with van der Waals surface area (Å²) in [5.74, 6) is -1.22. The molecule has 1 aromatic carbocycles. The summed E-state index contributed by atoms with van der Waals surface area (Å²) in [7, 11) is 0. The molecule has 0 fully saturated rings. The van der Waals surface area contributed by atoms with Gasteiger partial charge in [-0.15, -0.1) is 0 Å². The summed E-state index contributed by atoms with van der Waals surface area (Å²) in [4.78, 5) is 15.3. The third-order valence-electron chi connectivity index (χ3n) is 2.74. The van der Waals surface area contributed by atoms with Crippen LogP contribution in [0.15, 0.2) is 36.5 Å². The number of nitrogens with zero attached hydrogens (tertiary/aromatic N) is 1. The van der Waals surface area contributed by atoms with Gasteiger partial charge in [0.2, 0.25) is 0 Å². The Hall–Kier alpha value is -1.90. The van der Waals surface area contributed by atoms with Crippen molar-refractivity contribution in [3.05, 3.63) is 42.1 Å². The molecule has 0 spiro atoms. The maximum Gasteiger partial charge on any atom is 0.310 e. The number of carbonyl (C=O) groups is 1. The second-order valence-corrected chi connectivity index (χ2v) is 3.75. The van der Waals surface area contributed by atoms with Gasteiger partial charge in [0.1, 0.15) is 0 Å². The van der Waals surface area contributed by atoms with Gasteiger partial charge in [0.25, 0.3) is 0 Å². The van der Waals surface area contributed by atoms with Crippen LogP contribution in [-0.2, 0) is 4.79 Å². The second-order valence-electron chi connectivity index (χ2n) is 3.75. The summed E-state index contributed by atoms with van der Waals surface area (Å²) < 4.78 is 0. The maximum atomic E-state index is 11.0. The summed E-state index contributed by atoms with van der Waals surface area (Å²) >= 11 is 0. The van der Waals surface area contributed by atoms with Crippen molar-refractivity contribution in [2.75, 3.05) is 0 Å². The van der Waals surface area contributed by atoms with Crippen molar-refractivity contribution in [2.45, 2.75) is 19.3 Å². The molecule has 0 bridgehead atoms. The number of pyridine rings is 1. The number of hydrogen-bond acceptors (Lipinski definition) is 2. The van der Waals surface area contributed by atoms with Crippen molar-refractivity contribution < 1.29 is 9.90 Å². The first-order chi connectivity index (χ1) is 7.72. The Morgan fingerprint density at radius 2 is 2.25 bits per heavy atom. The molecule has 16 heavy (non-hydrogen) atoms. The van der Waals surface area contributed by atoms with E-state index in [1.807, 2.05) is 37.3 Å². The van der Waals surface area contributed by atoms with Gasteiger partial charge >= 0.3 is 5.97 Å². The van der Waals surface area contributed by atoms with E-state index in [4.69, 9.17) is 5.11 Å². The molecule has 3 nitrogen and oxygen atoms in total. The van der Waals surface area contributed by atoms with Crippen molar-refractivity contribution in [3.8, 4) is 0 Å². The van der Waals surface area contributed by atoms with Gasteiger partial charge < -0.3 is 5.11 Å². The zero-order valence-corrected chi connectivity index (χ0v) is 9.05. The third kappa shape index (κ3) is 1.89. The van der Waals surface area contributed by atoms with Gasteiger partial charge in [-0.1, -0.05) is 25.1 Å². The number of carboxylic acids is 1. The molecule has 82 valence electrons. The van der Waals surface area contributed by atoms with Gasteiger partial charge in [0.15, 0.2) is 0 Å². The van der Waals surface area contributed by atoms with E-state index < -0.39 is 11.9 Å². The van der Waals surface area contributed by atoms with Crippen molar-refractivity contribution in [3.63, 3.8) is 0 Å². The van der Waals surface area contributed by atoms with Crippen molar-refractivity contribution in [1.29, 1.82) is 0 Å². The van der Waals surface area contributed by atoms with Gasteiger partial charge in [0.05, 0.1) is 11.4 Å². The second kappa shape index (κ2) is 4.31.